The Morgan fingerprint density at radius 3 is 2.39 bits per heavy atom. The summed E-state index contributed by atoms with van der Waals surface area (Å²) in [5.74, 6) is 1.14. The Labute approximate surface area is 176 Å². The highest BCUT2D eigenvalue weighted by Gasteiger charge is 2.31. The van der Waals surface area contributed by atoms with Crippen molar-refractivity contribution in [3.8, 4) is 5.75 Å². The summed E-state index contributed by atoms with van der Waals surface area (Å²) in [7, 11) is 1.69. The van der Waals surface area contributed by atoms with Gasteiger partial charge < -0.3 is 10.1 Å². The van der Waals surface area contributed by atoms with E-state index >= 15 is 0 Å². The van der Waals surface area contributed by atoms with Crippen LogP contribution in [0.5, 0.6) is 5.75 Å². The Balaban J connectivity index is 1.67. The van der Waals surface area contributed by atoms with E-state index in [1.54, 1.807) is 13.1 Å². The molecule has 1 saturated heterocycles. The van der Waals surface area contributed by atoms with Crippen LogP contribution in [-0.4, -0.2) is 30.9 Å². The molecule has 0 aliphatic carbocycles. The number of nitrogens with one attached hydrogen (secondary N) is 1. The average Bonchev–Trinajstić information content (AvgIpc) is 2.62. The van der Waals surface area contributed by atoms with Crippen LogP contribution in [0.1, 0.15) is 35.3 Å². The van der Waals surface area contributed by atoms with Gasteiger partial charge in [-0.25, -0.2) is 0 Å². The number of ether oxygens (including phenoxy) is 1. The van der Waals surface area contributed by atoms with E-state index in [0.29, 0.717) is 10.0 Å². The van der Waals surface area contributed by atoms with Crippen LogP contribution in [0.15, 0.2) is 30.3 Å². The number of halogens is 2. The fraction of sp³-hybridized carbons (Fsp3) is 0.409. The summed E-state index contributed by atoms with van der Waals surface area (Å²) in [5.41, 5.74) is 4.42. The highest BCUT2D eigenvalue weighted by Crippen LogP contribution is 2.32. The summed E-state index contributed by atoms with van der Waals surface area (Å²) in [6.45, 7) is 8.60. The van der Waals surface area contributed by atoms with Crippen LogP contribution in [-0.2, 0) is 11.3 Å². The molecule has 0 bridgehead atoms. The quantitative estimate of drug-likeness (QED) is 0.719. The lowest BCUT2D eigenvalue weighted by molar-refractivity contribution is -0.129. The molecule has 28 heavy (non-hydrogen) atoms. The van der Waals surface area contributed by atoms with Crippen molar-refractivity contribution in [3.63, 3.8) is 0 Å². The summed E-state index contributed by atoms with van der Waals surface area (Å²) in [6.07, 6.45) is -0.137. The molecule has 1 aliphatic heterocycles. The van der Waals surface area contributed by atoms with Crippen LogP contribution >= 0.6 is 23.2 Å². The Morgan fingerprint density at radius 1 is 1.18 bits per heavy atom. The van der Waals surface area contributed by atoms with E-state index in [1.165, 1.54) is 5.56 Å². The van der Waals surface area contributed by atoms with Crippen molar-refractivity contribution in [2.24, 2.45) is 5.92 Å². The molecule has 1 fully saturated rings. The molecule has 150 valence electrons. The number of benzene rings is 2. The highest BCUT2D eigenvalue weighted by atomic mass is 35.5. The minimum Gasteiger partial charge on any atom is -0.485 e. The second-order valence-corrected chi connectivity index (χ2v) is 8.31. The zero-order valence-corrected chi connectivity index (χ0v) is 18.2. The van der Waals surface area contributed by atoms with E-state index in [2.05, 4.69) is 36.2 Å². The number of likely N-dealkylation sites (tertiary alicyclic amines) is 1. The molecule has 0 saturated carbocycles. The van der Waals surface area contributed by atoms with E-state index in [4.69, 9.17) is 27.9 Å². The van der Waals surface area contributed by atoms with Gasteiger partial charge in [0.25, 0.3) is 0 Å². The lowest BCUT2D eigenvalue weighted by Crippen LogP contribution is -2.52. The maximum atomic E-state index is 11.6. The Hall–Kier alpha value is -1.75. The van der Waals surface area contributed by atoms with Crippen molar-refractivity contribution >= 4 is 29.1 Å². The van der Waals surface area contributed by atoms with Gasteiger partial charge in [-0.3, -0.25) is 9.69 Å². The van der Waals surface area contributed by atoms with Gasteiger partial charge in [0.2, 0.25) is 5.91 Å². The lowest BCUT2D eigenvalue weighted by Gasteiger charge is -2.38. The number of aryl methyl sites for hydroxylation is 2. The van der Waals surface area contributed by atoms with Crippen molar-refractivity contribution < 1.29 is 9.53 Å². The molecule has 0 radical (unpaired) electrons. The first kappa shape index (κ1) is 21.0. The topological polar surface area (TPSA) is 41.6 Å². The second-order valence-electron chi connectivity index (χ2n) is 7.50. The fourth-order valence-corrected chi connectivity index (χ4v) is 3.96. The molecule has 1 unspecified atom stereocenters. The number of hydrogen-bond donors (Lipinski definition) is 1. The normalized spacial score (nSPS) is 15.8. The van der Waals surface area contributed by atoms with Gasteiger partial charge in [0.1, 0.15) is 11.9 Å². The molecule has 3 rings (SSSR count). The molecule has 0 spiro atoms. The molecule has 6 heteroatoms. The van der Waals surface area contributed by atoms with Crippen LogP contribution in [0, 0.1) is 19.8 Å². The first-order valence-corrected chi connectivity index (χ1v) is 10.2. The number of amides is 1. The average molecular weight is 421 g/mol. The number of rotatable bonds is 6. The van der Waals surface area contributed by atoms with Gasteiger partial charge in [0, 0.05) is 26.7 Å². The second kappa shape index (κ2) is 8.73. The van der Waals surface area contributed by atoms with Crippen LogP contribution < -0.4 is 10.1 Å². The molecular formula is C22H26Cl2N2O2. The monoisotopic (exact) mass is 420 g/mol. The molecule has 1 amide bonds. The molecule has 1 aliphatic rings. The van der Waals surface area contributed by atoms with Crippen molar-refractivity contribution in [1.29, 1.82) is 0 Å². The van der Waals surface area contributed by atoms with Gasteiger partial charge >= 0.3 is 0 Å². The first-order valence-electron chi connectivity index (χ1n) is 9.44. The van der Waals surface area contributed by atoms with Gasteiger partial charge in [0.05, 0.1) is 16.0 Å². The molecule has 2 aromatic carbocycles. The largest absolute Gasteiger partial charge is 0.485 e. The van der Waals surface area contributed by atoms with Gasteiger partial charge in [-0.15, -0.1) is 0 Å². The number of carbonyl (C=O) groups excluding carboxylic acids is 1. The molecule has 1 heterocycles. The molecule has 0 aromatic heterocycles. The maximum Gasteiger partial charge on any atom is 0.225 e. The lowest BCUT2D eigenvalue weighted by atomic mass is 9.97. The Kier molecular flexibility index (Phi) is 6.54. The molecule has 2 aromatic rings. The highest BCUT2D eigenvalue weighted by molar-refractivity contribution is 6.42. The maximum absolute atomic E-state index is 11.6. The van der Waals surface area contributed by atoms with Crippen molar-refractivity contribution in [2.75, 3.05) is 20.1 Å². The third-order valence-corrected chi connectivity index (χ3v) is 5.95. The smallest absolute Gasteiger partial charge is 0.225 e. The van der Waals surface area contributed by atoms with Crippen LogP contribution in [0.3, 0.4) is 0 Å². The third kappa shape index (κ3) is 4.62. The molecule has 1 N–H and O–H groups in total. The van der Waals surface area contributed by atoms with E-state index in [1.807, 2.05) is 19.1 Å². The minimum absolute atomic E-state index is 0.113. The van der Waals surface area contributed by atoms with Gasteiger partial charge in [-0.1, -0.05) is 41.4 Å². The summed E-state index contributed by atoms with van der Waals surface area (Å²) in [4.78, 5) is 13.9. The summed E-state index contributed by atoms with van der Waals surface area (Å²) in [6, 6.07) is 9.90. The van der Waals surface area contributed by atoms with Crippen LogP contribution in [0.2, 0.25) is 10.0 Å². The minimum atomic E-state index is -0.137. The molecular weight excluding hydrogens is 395 g/mol. The van der Waals surface area contributed by atoms with E-state index in [0.717, 1.165) is 42.1 Å². The van der Waals surface area contributed by atoms with Gasteiger partial charge in [-0.2, -0.15) is 0 Å². The Morgan fingerprint density at radius 2 is 1.82 bits per heavy atom. The van der Waals surface area contributed by atoms with Gasteiger partial charge in [-0.05, 0) is 55.2 Å². The predicted octanol–water partition coefficient (Wildman–Crippen LogP) is 4.93. The molecule has 1 atom stereocenters. The SMILES string of the molecule is CNC(=O)C1CN(Cc2cc(C)c(OC(C)c3ccc(Cl)c(Cl)c3)c(C)c2)C1. The van der Waals surface area contributed by atoms with Crippen LogP contribution in [0.25, 0.3) is 0 Å². The van der Waals surface area contributed by atoms with E-state index < -0.39 is 0 Å². The van der Waals surface area contributed by atoms with Crippen LogP contribution in [0.4, 0.5) is 0 Å². The summed E-state index contributed by atoms with van der Waals surface area (Å²) < 4.78 is 6.25. The van der Waals surface area contributed by atoms with Crippen molar-refractivity contribution in [2.45, 2.75) is 33.4 Å². The van der Waals surface area contributed by atoms with E-state index in [9.17, 15) is 4.79 Å². The molecule has 4 nitrogen and oxygen atoms in total. The fourth-order valence-electron chi connectivity index (χ4n) is 3.65. The number of nitrogens with zero attached hydrogens (tertiary/aromatic N) is 1. The predicted molar refractivity (Wildman–Crippen MR) is 114 cm³/mol. The van der Waals surface area contributed by atoms with Crippen molar-refractivity contribution in [1.82, 2.24) is 10.2 Å². The van der Waals surface area contributed by atoms with E-state index in [-0.39, 0.29) is 17.9 Å². The number of hydrogen-bond acceptors (Lipinski definition) is 3. The first-order chi connectivity index (χ1) is 13.3. The van der Waals surface area contributed by atoms with Gasteiger partial charge in [0.15, 0.2) is 0 Å². The zero-order valence-electron chi connectivity index (χ0n) is 16.7. The summed E-state index contributed by atoms with van der Waals surface area (Å²) >= 11 is 12.1. The standard InChI is InChI=1S/C22H26Cl2N2O2/c1-13-7-16(10-26-11-18(12-26)22(27)25-4)8-14(2)21(13)28-15(3)17-5-6-19(23)20(24)9-17/h5-9,15,18H,10-12H2,1-4H3,(H,25,27). The number of carbonyl (C=O) groups is 1. The zero-order chi connectivity index (χ0) is 20.4. The Bertz CT molecular complexity index is 856. The van der Waals surface area contributed by atoms with Crippen molar-refractivity contribution in [3.05, 3.63) is 62.6 Å². The third-order valence-electron chi connectivity index (χ3n) is 5.21. The summed E-state index contributed by atoms with van der Waals surface area (Å²) in [5, 5.41) is 3.79.